The Labute approximate surface area is 123 Å². The largest absolute Gasteiger partial charge is 0.493 e. The van der Waals surface area contributed by atoms with Crippen LogP contribution in [0, 0.1) is 6.92 Å². The van der Waals surface area contributed by atoms with Crippen molar-refractivity contribution in [2.75, 3.05) is 17.7 Å². The Morgan fingerprint density at radius 1 is 1.29 bits per heavy atom. The zero-order chi connectivity index (χ0) is 14.8. The van der Waals surface area contributed by atoms with Gasteiger partial charge in [0.15, 0.2) is 0 Å². The average molecular weight is 282 g/mol. The number of hydrogen-bond donors (Lipinski definition) is 2. The number of ether oxygens (including phenoxy) is 1. The zero-order valence-electron chi connectivity index (χ0n) is 11.9. The Bertz CT molecular complexity index is 682. The van der Waals surface area contributed by atoms with Gasteiger partial charge in [-0.25, -0.2) is 0 Å². The molecule has 3 N–H and O–H groups in total. The summed E-state index contributed by atoms with van der Waals surface area (Å²) in [7, 11) is 0. The smallest absolute Gasteiger partial charge is 0.232 e. The van der Waals surface area contributed by atoms with Gasteiger partial charge in [-0.15, -0.1) is 0 Å². The molecule has 0 spiro atoms. The Morgan fingerprint density at radius 3 is 2.90 bits per heavy atom. The molecule has 21 heavy (non-hydrogen) atoms. The molecule has 0 radical (unpaired) electrons. The third kappa shape index (κ3) is 2.70. The van der Waals surface area contributed by atoms with Crippen molar-refractivity contribution >= 4 is 17.3 Å². The molecule has 4 nitrogen and oxygen atoms in total. The Kier molecular flexibility index (Phi) is 3.52. The standard InChI is InChI=1S/C17H18N2O2/c1-11-6-7-12(10-15(11)18)19-17(20)14-8-9-21-16-5-3-2-4-13(14)16/h2-7,10,14H,8-9,18H2,1H3,(H,19,20). The molecule has 4 heteroatoms. The third-order valence-electron chi connectivity index (χ3n) is 3.82. The first kappa shape index (κ1) is 13.5. The van der Waals surface area contributed by atoms with Crippen LogP contribution in [-0.4, -0.2) is 12.5 Å². The molecule has 2 aromatic rings. The highest BCUT2D eigenvalue weighted by Crippen LogP contribution is 2.34. The lowest BCUT2D eigenvalue weighted by Crippen LogP contribution is -2.26. The summed E-state index contributed by atoms with van der Waals surface area (Å²) in [5, 5.41) is 2.95. The minimum Gasteiger partial charge on any atom is -0.493 e. The molecule has 1 heterocycles. The molecule has 0 fully saturated rings. The van der Waals surface area contributed by atoms with Gasteiger partial charge in [0.1, 0.15) is 5.75 Å². The molecule has 0 aliphatic carbocycles. The number of nitrogens with two attached hydrogens (primary N) is 1. The Hall–Kier alpha value is -2.49. The van der Waals surface area contributed by atoms with Crippen LogP contribution >= 0.6 is 0 Å². The molecule has 1 atom stereocenters. The summed E-state index contributed by atoms with van der Waals surface area (Å²) in [5.41, 5.74) is 9.24. The van der Waals surface area contributed by atoms with Crippen molar-refractivity contribution in [2.24, 2.45) is 0 Å². The second kappa shape index (κ2) is 5.48. The molecule has 1 aliphatic heterocycles. The van der Waals surface area contributed by atoms with Crippen LogP contribution in [0.3, 0.4) is 0 Å². The zero-order valence-corrected chi connectivity index (χ0v) is 11.9. The predicted octanol–water partition coefficient (Wildman–Crippen LogP) is 3.08. The number of benzene rings is 2. The fourth-order valence-electron chi connectivity index (χ4n) is 2.56. The van der Waals surface area contributed by atoms with Crippen LogP contribution < -0.4 is 15.8 Å². The van der Waals surface area contributed by atoms with Gasteiger partial charge in [-0.3, -0.25) is 4.79 Å². The van der Waals surface area contributed by atoms with E-state index >= 15 is 0 Å². The molecule has 108 valence electrons. The lowest BCUT2D eigenvalue weighted by atomic mass is 9.92. The van der Waals surface area contributed by atoms with E-state index in [1.807, 2.05) is 43.3 Å². The number of anilines is 2. The van der Waals surface area contributed by atoms with E-state index in [2.05, 4.69) is 5.32 Å². The second-order valence-electron chi connectivity index (χ2n) is 5.29. The number of rotatable bonds is 2. The van der Waals surface area contributed by atoms with Crippen LogP contribution in [0.25, 0.3) is 0 Å². The van der Waals surface area contributed by atoms with Gasteiger partial charge in [-0.1, -0.05) is 24.3 Å². The molecule has 0 saturated carbocycles. The molecule has 0 aromatic heterocycles. The first-order chi connectivity index (χ1) is 10.1. The SMILES string of the molecule is Cc1ccc(NC(=O)C2CCOc3ccccc32)cc1N. The quantitative estimate of drug-likeness (QED) is 0.832. The van der Waals surface area contributed by atoms with Crippen molar-refractivity contribution in [1.29, 1.82) is 0 Å². The van der Waals surface area contributed by atoms with E-state index in [4.69, 9.17) is 10.5 Å². The van der Waals surface area contributed by atoms with Crippen molar-refractivity contribution in [1.82, 2.24) is 0 Å². The van der Waals surface area contributed by atoms with Crippen molar-refractivity contribution in [3.63, 3.8) is 0 Å². The van der Waals surface area contributed by atoms with Crippen molar-refractivity contribution < 1.29 is 9.53 Å². The molecule has 3 rings (SSSR count). The minimum atomic E-state index is -0.183. The summed E-state index contributed by atoms with van der Waals surface area (Å²) >= 11 is 0. The summed E-state index contributed by atoms with van der Waals surface area (Å²) in [6.07, 6.45) is 0.685. The number of nitrogens with one attached hydrogen (secondary N) is 1. The topological polar surface area (TPSA) is 64.3 Å². The van der Waals surface area contributed by atoms with Gasteiger partial charge in [0, 0.05) is 16.9 Å². The maximum absolute atomic E-state index is 12.5. The summed E-state index contributed by atoms with van der Waals surface area (Å²) in [6.45, 7) is 2.50. The van der Waals surface area contributed by atoms with Crippen LogP contribution in [0.15, 0.2) is 42.5 Å². The van der Waals surface area contributed by atoms with E-state index in [0.29, 0.717) is 18.7 Å². The van der Waals surface area contributed by atoms with Crippen LogP contribution in [-0.2, 0) is 4.79 Å². The number of aryl methyl sites for hydroxylation is 1. The van der Waals surface area contributed by atoms with E-state index in [1.54, 1.807) is 6.07 Å². The van der Waals surface area contributed by atoms with Crippen LogP contribution in [0.2, 0.25) is 0 Å². The van der Waals surface area contributed by atoms with Crippen molar-refractivity contribution in [2.45, 2.75) is 19.3 Å². The fraction of sp³-hybridized carbons (Fsp3) is 0.235. The number of fused-ring (bicyclic) bond motifs is 1. The summed E-state index contributed by atoms with van der Waals surface area (Å²) in [4.78, 5) is 12.5. The van der Waals surface area contributed by atoms with Gasteiger partial charge in [0.2, 0.25) is 5.91 Å². The highest BCUT2D eigenvalue weighted by molar-refractivity contribution is 5.96. The summed E-state index contributed by atoms with van der Waals surface area (Å²) in [6, 6.07) is 13.3. The first-order valence-electron chi connectivity index (χ1n) is 7.04. The number of amides is 1. The van der Waals surface area contributed by atoms with E-state index in [-0.39, 0.29) is 11.8 Å². The third-order valence-corrected chi connectivity index (χ3v) is 3.82. The average Bonchev–Trinajstić information content (AvgIpc) is 2.50. The lowest BCUT2D eigenvalue weighted by Gasteiger charge is -2.25. The highest BCUT2D eigenvalue weighted by Gasteiger charge is 2.27. The molecule has 1 unspecified atom stereocenters. The normalized spacial score (nSPS) is 16.7. The van der Waals surface area contributed by atoms with Gasteiger partial charge < -0.3 is 15.8 Å². The number of hydrogen-bond acceptors (Lipinski definition) is 3. The summed E-state index contributed by atoms with van der Waals surface area (Å²) in [5.74, 6) is 0.596. The van der Waals surface area contributed by atoms with Gasteiger partial charge in [0.25, 0.3) is 0 Å². The maximum atomic E-state index is 12.5. The molecule has 0 bridgehead atoms. The summed E-state index contributed by atoms with van der Waals surface area (Å²) < 4.78 is 5.59. The number of para-hydroxylation sites is 1. The van der Waals surface area contributed by atoms with Gasteiger partial charge in [0.05, 0.1) is 12.5 Å². The van der Waals surface area contributed by atoms with E-state index in [1.165, 1.54) is 0 Å². The number of carbonyl (C=O) groups excluding carboxylic acids is 1. The Morgan fingerprint density at radius 2 is 2.10 bits per heavy atom. The fourth-order valence-corrected chi connectivity index (χ4v) is 2.56. The predicted molar refractivity (Wildman–Crippen MR) is 83.5 cm³/mol. The van der Waals surface area contributed by atoms with Gasteiger partial charge in [-0.05, 0) is 37.1 Å². The number of carbonyl (C=O) groups is 1. The van der Waals surface area contributed by atoms with Crippen LogP contribution in [0.4, 0.5) is 11.4 Å². The molecule has 2 aromatic carbocycles. The molecule has 1 amide bonds. The van der Waals surface area contributed by atoms with Crippen molar-refractivity contribution in [3.05, 3.63) is 53.6 Å². The molecule has 0 saturated heterocycles. The molecular formula is C17H18N2O2. The van der Waals surface area contributed by atoms with Crippen LogP contribution in [0.5, 0.6) is 5.75 Å². The highest BCUT2D eigenvalue weighted by atomic mass is 16.5. The lowest BCUT2D eigenvalue weighted by molar-refractivity contribution is -0.118. The first-order valence-corrected chi connectivity index (χ1v) is 7.04. The maximum Gasteiger partial charge on any atom is 0.232 e. The van der Waals surface area contributed by atoms with E-state index in [0.717, 1.165) is 22.6 Å². The monoisotopic (exact) mass is 282 g/mol. The van der Waals surface area contributed by atoms with Gasteiger partial charge in [-0.2, -0.15) is 0 Å². The van der Waals surface area contributed by atoms with E-state index < -0.39 is 0 Å². The van der Waals surface area contributed by atoms with Crippen LogP contribution in [0.1, 0.15) is 23.5 Å². The number of nitrogen functional groups attached to an aromatic ring is 1. The second-order valence-corrected chi connectivity index (χ2v) is 5.29. The van der Waals surface area contributed by atoms with Gasteiger partial charge >= 0.3 is 0 Å². The molecule has 1 aliphatic rings. The Balaban J connectivity index is 1.81. The van der Waals surface area contributed by atoms with Crippen molar-refractivity contribution in [3.8, 4) is 5.75 Å². The minimum absolute atomic E-state index is 0.0194. The van der Waals surface area contributed by atoms with E-state index in [9.17, 15) is 4.79 Å². The molecular weight excluding hydrogens is 264 g/mol.